The first kappa shape index (κ1) is 21.3. The monoisotopic (exact) mass is 420 g/mol. The van der Waals surface area contributed by atoms with E-state index in [1.807, 2.05) is 19.1 Å². The number of carbonyl (C=O) groups excluding carboxylic acids is 2. The van der Waals surface area contributed by atoms with Gasteiger partial charge in [-0.15, -0.1) is 0 Å². The Kier molecular flexibility index (Phi) is 7.41. The van der Waals surface area contributed by atoms with E-state index in [0.29, 0.717) is 34.3 Å². The van der Waals surface area contributed by atoms with E-state index in [1.54, 1.807) is 66.7 Å². The molecular weight excluding hydrogens is 400 g/mol. The molecule has 0 saturated heterocycles. The van der Waals surface area contributed by atoms with E-state index in [1.165, 1.54) is 6.08 Å². The second-order valence-electron chi connectivity index (χ2n) is 6.54. The topological polar surface area (TPSA) is 52.6 Å². The van der Waals surface area contributed by atoms with Crippen molar-refractivity contribution in [3.63, 3.8) is 0 Å². The third kappa shape index (κ3) is 6.06. The van der Waals surface area contributed by atoms with Gasteiger partial charge in [-0.2, -0.15) is 0 Å². The Morgan fingerprint density at radius 2 is 1.43 bits per heavy atom. The first-order chi connectivity index (χ1) is 14.5. The zero-order chi connectivity index (χ0) is 21.3. The van der Waals surface area contributed by atoms with Crippen molar-refractivity contribution in [2.24, 2.45) is 0 Å². The molecule has 3 rings (SSSR count). The van der Waals surface area contributed by atoms with E-state index in [-0.39, 0.29) is 5.78 Å². The Morgan fingerprint density at radius 1 is 0.833 bits per heavy atom. The van der Waals surface area contributed by atoms with E-state index < -0.39 is 5.97 Å². The largest absolute Gasteiger partial charge is 0.494 e. The highest BCUT2D eigenvalue weighted by atomic mass is 35.5. The molecule has 0 bridgehead atoms. The number of carbonyl (C=O) groups is 2. The van der Waals surface area contributed by atoms with Gasteiger partial charge in [0.05, 0.1) is 12.2 Å². The summed E-state index contributed by atoms with van der Waals surface area (Å²) in [6.07, 6.45) is 4.13. The van der Waals surface area contributed by atoms with Gasteiger partial charge in [0.2, 0.25) is 0 Å². The highest BCUT2D eigenvalue weighted by molar-refractivity contribution is 6.30. The molecule has 4 nitrogen and oxygen atoms in total. The van der Waals surface area contributed by atoms with Crippen molar-refractivity contribution < 1.29 is 19.1 Å². The van der Waals surface area contributed by atoms with Crippen molar-refractivity contribution >= 4 is 29.4 Å². The van der Waals surface area contributed by atoms with Gasteiger partial charge in [0.25, 0.3) is 0 Å². The maximum absolute atomic E-state index is 12.3. The number of ether oxygens (including phenoxy) is 2. The van der Waals surface area contributed by atoms with Crippen molar-refractivity contribution in [1.82, 2.24) is 0 Å². The molecule has 0 amide bonds. The molecule has 152 valence electrons. The molecule has 0 atom stereocenters. The van der Waals surface area contributed by atoms with Gasteiger partial charge in [0.15, 0.2) is 5.78 Å². The van der Waals surface area contributed by atoms with Crippen molar-refractivity contribution in [2.45, 2.75) is 13.3 Å². The molecule has 0 aromatic heterocycles. The number of ketones is 1. The van der Waals surface area contributed by atoms with Crippen molar-refractivity contribution in [2.75, 3.05) is 6.61 Å². The fourth-order valence-electron chi connectivity index (χ4n) is 2.60. The van der Waals surface area contributed by atoms with E-state index in [0.717, 1.165) is 12.0 Å². The molecule has 0 saturated carbocycles. The second kappa shape index (κ2) is 10.4. The summed E-state index contributed by atoms with van der Waals surface area (Å²) in [6, 6.07) is 20.4. The van der Waals surface area contributed by atoms with Gasteiger partial charge < -0.3 is 9.47 Å². The molecule has 3 aromatic carbocycles. The van der Waals surface area contributed by atoms with Gasteiger partial charge >= 0.3 is 5.97 Å². The quantitative estimate of drug-likeness (QED) is 0.187. The summed E-state index contributed by atoms with van der Waals surface area (Å²) in [6.45, 7) is 2.66. The fourth-order valence-corrected chi connectivity index (χ4v) is 2.73. The molecule has 3 aromatic rings. The number of esters is 1. The lowest BCUT2D eigenvalue weighted by atomic mass is 10.1. The minimum Gasteiger partial charge on any atom is -0.494 e. The number of hydrogen-bond acceptors (Lipinski definition) is 4. The van der Waals surface area contributed by atoms with Crippen LogP contribution in [0.5, 0.6) is 11.5 Å². The zero-order valence-corrected chi connectivity index (χ0v) is 17.3. The average molecular weight is 421 g/mol. The number of rotatable bonds is 8. The van der Waals surface area contributed by atoms with Gasteiger partial charge in [-0.3, -0.25) is 4.79 Å². The molecule has 0 aliphatic heterocycles. The third-order valence-corrected chi connectivity index (χ3v) is 4.46. The number of hydrogen-bond donors (Lipinski definition) is 0. The maximum Gasteiger partial charge on any atom is 0.343 e. The molecule has 5 heteroatoms. The lowest BCUT2D eigenvalue weighted by Gasteiger charge is -2.07. The lowest BCUT2D eigenvalue weighted by molar-refractivity contribution is 0.0734. The summed E-state index contributed by atoms with van der Waals surface area (Å²) in [5.41, 5.74) is 1.80. The van der Waals surface area contributed by atoms with E-state index >= 15 is 0 Å². The first-order valence-corrected chi connectivity index (χ1v) is 9.96. The summed E-state index contributed by atoms with van der Waals surface area (Å²) in [5.74, 6) is 0.455. The van der Waals surface area contributed by atoms with Crippen LogP contribution in [-0.4, -0.2) is 18.4 Å². The Labute approximate surface area is 180 Å². The van der Waals surface area contributed by atoms with Crippen LogP contribution in [0, 0.1) is 0 Å². The predicted octanol–water partition coefficient (Wildman–Crippen LogP) is 6.24. The van der Waals surface area contributed by atoms with Crippen LogP contribution in [0.2, 0.25) is 5.02 Å². The fraction of sp³-hybridized carbons (Fsp3) is 0.120. The average Bonchev–Trinajstić information content (AvgIpc) is 2.78. The maximum atomic E-state index is 12.3. The van der Waals surface area contributed by atoms with Crippen LogP contribution >= 0.6 is 11.6 Å². The molecule has 0 radical (unpaired) electrons. The molecule has 0 aliphatic rings. The van der Waals surface area contributed by atoms with E-state index in [9.17, 15) is 9.59 Å². The summed E-state index contributed by atoms with van der Waals surface area (Å²) in [7, 11) is 0. The standard InChI is InChI=1S/C25H21ClO4/c1-2-17-29-22-12-8-20(9-13-22)25(28)30-23-14-6-19(7-15-23)24(27)16-5-18-3-10-21(26)11-4-18/h3-16H,2,17H2,1H3/b16-5+. The van der Waals surface area contributed by atoms with Crippen LogP contribution in [0.15, 0.2) is 78.9 Å². The molecule has 0 unspecified atom stereocenters. The molecular formula is C25H21ClO4. The van der Waals surface area contributed by atoms with Crippen molar-refractivity contribution in [1.29, 1.82) is 0 Å². The van der Waals surface area contributed by atoms with Gasteiger partial charge in [-0.1, -0.05) is 36.7 Å². The summed E-state index contributed by atoms with van der Waals surface area (Å²) in [4.78, 5) is 24.6. The summed E-state index contributed by atoms with van der Waals surface area (Å²) >= 11 is 5.85. The smallest absolute Gasteiger partial charge is 0.343 e. The van der Waals surface area contributed by atoms with Gasteiger partial charge in [0.1, 0.15) is 11.5 Å². The van der Waals surface area contributed by atoms with Crippen LogP contribution in [-0.2, 0) is 0 Å². The normalized spacial score (nSPS) is 10.7. The molecule has 0 heterocycles. The first-order valence-electron chi connectivity index (χ1n) is 9.58. The number of halogens is 1. The SMILES string of the molecule is CCCOc1ccc(C(=O)Oc2ccc(C(=O)/C=C/c3ccc(Cl)cc3)cc2)cc1. The van der Waals surface area contributed by atoms with E-state index in [2.05, 4.69) is 0 Å². The van der Waals surface area contributed by atoms with Crippen LogP contribution in [0.1, 0.15) is 39.6 Å². The predicted molar refractivity (Wildman–Crippen MR) is 118 cm³/mol. The highest BCUT2D eigenvalue weighted by Gasteiger charge is 2.10. The van der Waals surface area contributed by atoms with Crippen LogP contribution in [0.4, 0.5) is 0 Å². The zero-order valence-electron chi connectivity index (χ0n) is 16.5. The second-order valence-corrected chi connectivity index (χ2v) is 6.97. The molecule has 0 aliphatic carbocycles. The lowest BCUT2D eigenvalue weighted by Crippen LogP contribution is -2.08. The minimum atomic E-state index is -0.473. The van der Waals surface area contributed by atoms with Crippen molar-refractivity contribution in [3.8, 4) is 11.5 Å². The Hall–Kier alpha value is -3.37. The van der Waals surface area contributed by atoms with Gasteiger partial charge in [-0.05, 0) is 78.7 Å². The molecule has 0 spiro atoms. The van der Waals surface area contributed by atoms with Crippen molar-refractivity contribution in [3.05, 3.63) is 101 Å². The van der Waals surface area contributed by atoms with Crippen LogP contribution in [0.3, 0.4) is 0 Å². The highest BCUT2D eigenvalue weighted by Crippen LogP contribution is 2.18. The Balaban J connectivity index is 1.58. The summed E-state index contributed by atoms with van der Waals surface area (Å²) in [5, 5.41) is 0.643. The molecule has 0 fully saturated rings. The third-order valence-electron chi connectivity index (χ3n) is 4.21. The number of allylic oxidation sites excluding steroid dienone is 1. The van der Waals surface area contributed by atoms with Gasteiger partial charge in [0, 0.05) is 10.6 Å². The number of benzene rings is 3. The van der Waals surface area contributed by atoms with Crippen LogP contribution in [0.25, 0.3) is 6.08 Å². The molecule has 30 heavy (non-hydrogen) atoms. The summed E-state index contributed by atoms with van der Waals surface area (Å²) < 4.78 is 10.9. The molecule has 0 N–H and O–H groups in total. The minimum absolute atomic E-state index is 0.148. The van der Waals surface area contributed by atoms with Crippen LogP contribution < -0.4 is 9.47 Å². The Morgan fingerprint density at radius 3 is 2.07 bits per heavy atom. The Bertz CT molecular complexity index is 1020. The van der Waals surface area contributed by atoms with E-state index in [4.69, 9.17) is 21.1 Å². The van der Waals surface area contributed by atoms with Gasteiger partial charge in [-0.25, -0.2) is 4.79 Å².